The van der Waals surface area contributed by atoms with Crippen molar-refractivity contribution in [2.45, 2.75) is 19.5 Å². The average molecular weight is 285 g/mol. The number of nitrogens with one attached hydrogen (secondary N) is 2. The first-order valence-electron chi connectivity index (χ1n) is 6.78. The van der Waals surface area contributed by atoms with Crippen molar-refractivity contribution < 1.29 is 9.53 Å². The molecule has 2 amide bonds. The number of pyridine rings is 1. The fourth-order valence-corrected chi connectivity index (χ4v) is 1.99. The maximum absolute atomic E-state index is 11.9. The minimum Gasteiger partial charge on any atom is -0.481 e. The van der Waals surface area contributed by atoms with E-state index in [1.165, 1.54) is 0 Å². The summed E-state index contributed by atoms with van der Waals surface area (Å²) in [7, 11) is 1.56. The van der Waals surface area contributed by atoms with Crippen LogP contribution in [0.4, 0.5) is 4.79 Å². The third kappa shape index (κ3) is 4.21. The third-order valence-corrected chi connectivity index (χ3v) is 3.13. The number of hydrogen-bond acceptors (Lipinski definition) is 3. The Morgan fingerprint density at radius 1 is 1.24 bits per heavy atom. The number of hydrogen-bond donors (Lipinski definition) is 2. The van der Waals surface area contributed by atoms with Crippen molar-refractivity contribution in [1.82, 2.24) is 15.6 Å². The molecule has 0 fully saturated rings. The van der Waals surface area contributed by atoms with E-state index in [1.54, 1.807) is 13.3 Å². The molecule has 0 saturated carbocycles. The predicted molar refractivity (Wildman–Crippen MR) is 81.0 cm³/mol. The molecule has 0 spiro atoms. The standard InChI is InChI=1S/C16H19N3O2/c1-12(13-7-4-3-5-8-13)19-16(20)18-11-14-9-6-10-17-15(14)21-2/h3-10,12H,11H2,1-2H3,(H2,18,19,20)/t12-/m0/s1. The summed E-state index contributed by atoms with van der Waals surface area (Å²) in [6.07, 6.45) is 1.65. The van der Waals surface area contributed by atoms with Crippen LogP contribution in [0, 0.1) is 0 Å². The zero-order valence-corrected chi connectivity index (χ0v) is 12.2. The van der Waals surface area contributed by atoms with E-state index in [-0.39, 0.29) is 12.1 Å². The Kier molecular flexibility index (Phi) is 5.15. The number of carbonyl (C=O) groups is 1. The van der Waals surface area contributed by atoms with E-state index < -0.39 is 0 Å². The van der Waals surface area contributed by atoms with Crippen molar-refractivity contribution in [3.8, 4) is 5.88 Å². The lowest BCUT2D eigenvalue weighted by atomic mass is 10.1. The number of rotatable bonds is 5. The summed E-state index contributed by atoms with van der Waals surface area (Å²) in [5.41, 5.74) is 1.90. The predicted octanol–water partition coefficient (Wildman–Crippen LogP) is 2.65. The SMILES string of the molecule is COc1ncccc1CNC(=O)N[C@@H](C)c1ccccc1. The average Bonchev–Trinajstić information content (AvgIpc) is 2.54. The number of methoxy groups -OCH3 is 1. The molecule has 1 heterocycles. The second kappa shape index (κ2) is 7.28. The van der Waals surface area contributed by atoms with Gasteiger partial charge >= 0.3 is 6.03 Å². The molecule has 0 bridgehead atoms. The summed E-state index contributed by atoms with van der Waals surface area (Å²) < 4.78 is 5.15. The topological polar surface area (TPSA) is 63.2 Å². The second-order valence-electron chi connectivity index (χ2n) is 4.63. The van der Waals surface area contributed by atoms with E-state index in [1.807, 2.05) is 49.4 Å². The van der Waals surface area contributed by atoms with Crippen LogP contribution in [0.1, 0.15) is 24.1 Å². The Morgan fingerprint density at radius 3 is 2.71 bits per heavy atom. The molecule has 0 saturated heterocycles. The van der Waals surface area contributed by atoms with Crippen molar-refractivity contribution >= 4 is 6.03 Å². The first-order chi connectivity index (χ1) is 10.2. The molecule has 1 atom stereocenters. The van der Waals surface area contributed by atoms with Crippen molar-refractivity contribution in [3.63, 3.8) is 0 Å². The molecule has 1 aromatic carbocycles. The van der Waals surface area contributed by atoms with Crippen LogP contribution < -0.4 is 15.4 Å². The largest absolute Gasteiger partial charge is 0.481 e. The highest BCUT2D eigenvalue weighted by molar-refractivity contribution is 5.74. The molecule has 21 heavy (non-hydrogen) atoms. The molecule has 0 radical (unpaired) electrons. The molecule has 2 aromatic rings. The van der Waals surface area contributed by atoms with Gasteiger partial charge in [-0.15, -0.1) is 0 Å². The number of ether oxygens (including phenoxy) is 1. The Hall–Kier alpha value is -2.56. The number of benzene rings is 1. The van der Waals surface area contributed by atoms with Gasteiger partial charge in [0, 0.05) is 18.3 Å². The van der Waals surface area contributed by atoms with Gasteiger partial charge in [0.2, 0.25) is 5.88 Å². The van der Waals surface area contributed by atoms with Gasteiger partial charge in [-0.25, -0.2) is 9.78 Å². The Labute approximate surface area is 124 Å². The molecule has 5 nitrogen and oxygen atoms in total. The number of nitrogens with zero attached hydrogens (tertiary/aromatic N) is 1. The first kappa shape index (κ1) is 14.8. The first-order valence-corrected chi connectivity index (χ1v) is 6.78. The number of carbonyl (C=O) groups excluding carboxylic acids is 1. The molecule has 2 N–H and O–H groups in total. The van der Waals surface area contributed by atoms with Crippen molar-refractivity contribution in [3.05, 3.63) is 59.8 Å². The quantitative estimate of drug-likeness (QED) is 0.887. The lowest BCUT2D eigenvalue weighted by molar-refractivity contribution is 0.237. The van der Waals surface area contributed by atoms with Gasteiger partial charge < -0.3 is 15.4 Å². The third-order valence-electron chi connectivity index (χ3n) is 3.13. The molecule has 5 heteroatoms. The number of urea groups is 1. The molecule has 0 unspecified atom stereocenters. The summed E-state index contributed by atoms with van der Waals surface area (Å²) >= 11 is 0. The minimum atomic E-state index is -0.225. The Bertz CT molecular complexity index is 587. The summed E-state index contributed by atoms with van der Waals surface area (Å²) in [6, 6.07) is 13.2. The van der Waals surface area contributed by atoms with Gasteiger partial charge in [0.1, 0.15) is 0 Å². The van der Waals surface area contributed by atoms with Gasteiger partial charge in [-0.05, 0) is 18.6 Å². The maximum atomic E-state index is 11.9. The van der Waals surface area contributed by atoms with E-state index in [9.17, 15) is 4.79 Å². The van der Waals surface area contributed by atoms with Gasteiger partial charge in [0.15, 0.2) is 0 Å². The van der Waals surface area contributed by atoms with E-state index in [2.05, 4.69) is 15.6 Å². The van der Waals surface area contributed by atoms with Gasteiger partial charge in [-0.1, -0.05) is 36.4 Å². The molecule has 0 aliphatic rings. The van der Waals surface area contributed by atoms with E-state index in [4.69, 9.17) is 4.74 Å². The maximum Gasteiger partial charge on any atom is 0.315 e. The van der Waals surface area contributed by atoms with Crippen molar-refractivity contribution in [2.24, 2.45) is 0 Å². The van der Waals surface area contributed by atoms with Crippen molar-refractivity contribution in [2.75, 3.05) is 7.11 Å². The highest BCUT2D eigenvalue weighted by atomic mass is 16.5. The van der Waals surface area contributed by atoms with Crippen LogP contribution in [0.15, 0.2) is 48.7 Å². The number of aromatic nitrogens is 1. The van der Waals surface area contributed by atoms with Crippen LogP contribution in [0.25, 0.3) is 0 Å². The normalized spacial score (nSPS) is 11.5. The highest BCUT2D eigenvalue weighted by Crippen LogP contribution is 2.13. The van der Waals surface area contributed by atoms with Gasteiger partial charge in [0.25, 0.3) is 0 Å². The second-order valence-corrected chi connectivity index (χ2v) is 4.63. The fourth-order valence-electron chi connectivity index (χ4n) is 1.99. The van der Waals surface area contributed by atoms with Crippen LogP contribution in [0.2, 0.25) is 0 Å². The van der Waals surface area contributed by atoms with Crippen LogP contribution in [0.5, 0.6) is 5.88 Å². The zero-order valence-electron chi connectivity index (χ0n) is 12.2. The van der Waals surface area contributed by atoms with Crippen LogP contribution in [-0.2, 0) is 6.54 Å². The van der Waals surface area contributed by atoms with Gasteiger partial charge in [-0.2, -0.15) is 0 Å². The lowest BCUT2D eigenvalue weighted by Gasteiger charge is -2.15. The molecule has 2 rings (SSSR count). The van der Waals surface area contributed by atoms with Crippen molar-refractivity contribution in [1.29, 1.82) is 0 Å². The summed E-state index contributed by atoms with van der Waals surface area (Å²) in [4.78, 5) is 16.0. The van der Waals surface area contributed by atoms with Crippen LogP contribution >= 0.6 is 0 Å². The lowest BCUT2D eigenvalue weighted by Crippen LogP contribution is -2.36. The summed E-state index contributed by atoms with van der Waals surface area (Å²) in [6.45, 7) is 2.31. The molecular weight excluding hydrogens is 266 g/mol. The molecule has 0 aliphatic heterocycles. The summed E-state index contributed by atoms with van der Waals surface area (Å²) in [5, 5.41) is 5.70. The Balaban J connectivity index is 1.88. The molecule has 110 valence electrons. The highest BCUT2D eigenvalue weighted by Gasteiger charge is 2.10. The monoisotopic (exact) mass is 285 g/mol. The van der Waals surface area contributed by atoms with E-state index in [0.717, 1.165) is 11.1 Å². The van der Waals surface area contributed by atoms with E-state index >= 15 is 0 Å². The molecular formula is C16H19N3O2. The van der Waals surface area contributed by atoms with E-state index in [0.29, 0.717) is 12.4 Å². The molecule has 1 aromatic heterocycles. The van der Waals surface area contributed by atoms with Gasteiger partial charge in [0.05, 0.1) is 13.2 Å². The number of amides is 2. The smallest absolute Gasteiger partial charge is 0.315 e. The minimum absolute atomic E-state index is 0.0537. The van der Waals surface area contributed by atoms with Gasteiger partial charge in [-0.3, -0.25) is 0 Å². The van der Waals surface area contributed by atoms with Crippen LogP contribution in [-0.4, -0.2) is 18.1 Å². The fraction of sp³-hybridized carbons (Fsp3) is 0.250. The Morgan fingerprint density at radius 2 is 2.00 bits per heavy atom. The zero-order chi connectivity index (χ0) is 15.1. The van der Waals surface area contributed by atoms with Crippen LogP contribution in [0.3, 0.4) is 0 Å². The summed E-state index contributed by atoms with van der Waals surface area (Å²) in [5.74, 6) is 0.522. The molecule has 0 aliphatic carbocycles.